The van der Waals surface area contributed by atoms with Crippen LogP contribution in [0, 0.1) is 24.3 Å². The third-order valence-corrected chi connectivity index (χ3v) is 7.55. The molecule has 0 N–H and O–H groups in total. The number of benzene rings is 5. The van der Waals surface area contributed by atoms with Crippen molar-refractivity contribution in [2.24, 2.45) is 0 Å². The van der Waals surface area contributed by atoms with Gasteiger partial charge in [0, 0.05) is 0 Å². The Labute approximate surface area is 292 Å². The molecule has 230 valence electrons. The summed E-state index contributed by atoms with van der Waals surface area (Å²) < 4.78 is 3.34. The van der Waals surface area contributed by atoms with Gasteiger partial charge in [-0.1, -0.05) is 82.5 Å². The Balaban J connectivity index is 0.000000189. The van der Waals surface area contributed by atoms with E-state index in [-0.39, 0.29) is 10.8 Å². The standard InChI is InChI=1S/C21H25.C10H7.C6H4Cl.C5H5.CH2.Zr/c1-20(2,3)16-7-9-18-14(12-16)11-15-13-17(21(4,5)6)8-10-19(15)18;1-2-6-10-8-4-3-7-9(10)5-1;7-6-4-2-1-3-5-6;1-2-4-5-3-1;;/h7-10,12H,11H2,1-6H3;1-7H;2-5H;1-3H,4H2;1H2;/q4*-1;;. The summed E-state index contributed by atoms with van der Waals surface area (Å²) >= 11 is 6.82. The van der Waals surface area contributed by atoms with Crippen LogP contribution in [0.25, 0.3) is 21.9 Å². The smallest absolute Gasteiger partial charge is 0.0801 e. The molecular formula is C43H43ClZr-4. The molecular weight excluding hydrogens is 643 g/mol. The fourth-order valence-electron chi connectivity index (χ4n) is 4.80. The van der Waals surface area contributed by atoms with Crippen molar-refractivity contribution in [2.75, 3.05) is 0 Å². The molecule has 7 rings (SSSR count). The van der Waals surface area contributed by atoms with Crippen LogP contribution < -0.4 is 0 Å². The molecule has 0 radical (unpaired) electrons. The van der Waals surface area contributed by atoms with E-state index in [1.165, 1.54) is 68.4 Å². The molecule has 5 aromatic rings. The van der Waals surface area contributed by atoms with Gasteiger partial charge in [0.25, 0.3) is 0 Å². The van der Waals surface area contributed by atoms with Crippen LogP contribution in [-0.4, -0.2) is 4.21 Å². The average molecular weight is 686 g/mol. The Kier molecular flexibility index (Phi) is 14.2. The quantitative estimate of drug-likeness (QED) is 0.140. The minimum absolute atomic E-state index is 0.167. The fraction of sp³-hybridized carbons (Fsp3) is 0.233. The molecule has 0 unspecified atom stereocenters. The van der Waals surface area contributed by atoms with E-state index in [0.717, 1.165) is 17.9 Å². The van der Waals surface area contributed by atoms with Gasteiger partial charge in [-0.15, -0.1) is 76.3 Å². The molecule has 2 aliphatic rings. The molecule has 45 heavy (non-hydrogen) atoms. The van der Waals surface area contributed by atoms with E-state index in [2.05, 4.69) is 125 Å². The summed E-state index contributed by atoms with van der Waals surface area (Å²) in [5.41, 5.74) is 8.70. The van der Waals surface area contributed by atoms with Crippen molar-refractivity contribution >= 4 is 26.6 Å². The van der Waals surface area contributed by atoms with Gasteiger partial charge in [-0.05, 0) is 28.4 Å². The number of halogens is 1. The average Bonchev–Trinajstić information content (AvgIpc) is 3.74. The topological polar surface area (TPSA) is 0 Å². The molecule has 2 heteroatoms. The molecule has 0 heterocycles. The molecule has 0 atom stereocenters. The van der Waals surface area contributed by atoms with Gasteiger partial charge in [0.1, 0.15) is 0 Å². The summed E-state index contributed by atoms with van der Waals surface area (Å²) in [6.45, 7) is 13.6. The van der Waals surface area contributed by atoms with Crippen molar-refractivity contribution < 1.29 is 24.2 Å². The van der Waals surface area contributed by atoms with Crippen molar-refractivity contribution in [1.29, 1.82) is 0 Å². The van der Waals surface area contributed by atoms with Gasteiger partial charge in [-0.2, -0.15) is 60.2 Å². The Hall–Kier alpha value is -3.12. The largest absolute Gasteiger partial charge is 0.147 e. The van der Waals surface area contributed by atoms with Crippen molar-refractivity contribution in [2.45, 2.75) is 65.2 Å². The summed E-state index contributed by atoms with van der Waals surface area (Å²) in [7, 11) is 0. The first-order valence-electron chi connectivity index (χ1n) is 15.3. The van der Waals surface area contributed by atoms with Crippen LogP contribution in [0.2, 0.25) is 5.02 Å². The summed E-state index contributed by atoms with van der Waals surface area (Å²) in [4.78, 5) is 0. The first-order chi connectivity index (χ1) is 21.5. The van der Waals surface area contributed by atoms with E-state index in [0.29, 0.717) is 0 Å². The van der Waals surface area contributed by atoms with Gasteiger partial charge in [0.2, 0.25) is 0 Å². The molecule has 5 aromatic carbocycles. The Bertz CT molecular complexity index is 1560. The van der Waals surface area contributed by atoms with Crippen LogP contribution in [0.15, 0.2) is 115 Å². The molecule has 0 saturated heterocycles. The SMILES string of the molecule is CC(C)(C)c1[c-]c2c(cc1)-c1ccc(C(C)(C)C)cc1C2.Clc1cc[c-]cc1.[C-]1=CC=CC1.[CH2]=[Zr].[c-]1cccc2ccccc12. The molecule has 2 aliphatic carbocycles. The Morgan fingerprint density at radius 1 is 0.756 bits per heavy atom. The monoisotopic (exact) mass is 684 g/mol. The molecule has 0 saturated carbocycles. The third-order valence-electron chi connectivity index (χ3n) is 7.30. The van der Waals surface area contributed by atoms with Gasteiger partial charge >= 0.3 is 28.4 Å². The maximum absolute atomic E-state index is 5.52. The predicted octanol–water partition coefficient (Wildman–Crippen LogP) is 11.7. The zero-order chi connectivity index (χ0) is 32.9. The molecule has 0 aromatic heterocycles. The normalized spacial score (nSPS) is 12.1. The van der Waals surface area contributed by atoms with Crippen LogP contribution >= 0.6 is 11.6 Å². The number of hydrogen-bond acceptors (Lipinski definition) is 0. The van der Waals surface area contributed by atoms with E-state index in [1.54, 1.807) is 24.3 Å². The number of allylic oxidation sites excluding steroid dienone is 4. The zero-order valence-electron chi connectivity index (χ0n) is 27.5. The molecule has 0 spiro atoms. The number of hydrogen-bond donors (Lipinski definition) is 0. The van der Waals surface area contributed by atoms with Crippen molar-refractivity contribution in [3.05, 3.63) is 167 Å². The van der Waals surface area contributed by atoms with Crippen LogP contribution in [-0.2, 0) is 41.5 Å². The van der Waals surface area contributed by atoms with Crippen LogP contribution in [0.3, 0.4) is 0 Å². The van der Waals surface area contributed by atoms with Crippen LogP contribution in [0.1, 0.15) is 70.2 Å². The molecule has 0 bridgehead atoms. The van der Waals surface area contributed by atoms with Gasteiger partial charge < -0.3 is 0 Å². The predicted molar refractivity (Wildman–Crippen MR) is 193 cm³/mol. The van der Waals surface area contributed by atoms with Crippen molar-refractivity contribution in [1.82, 2.24) is 0 Å². The van der Waals surface area contributed by atoms with E-state index in [9.17, 15) is 0 Å². The Morgan fingerprint density at radius 3 is 2.00 bits per heavy atom. The van der Waals surface area contributed by atoms with Crippen molar-refractivity contribution in [3.8, 4) is 11.1 Å². The fourth-order valence-corrected chi connectivity index (χ4v) is 4.92. The van der Waals surface area contributed by atoms with Crippen LogP contribution in [0.4, 0.5) is 0 Å². The second-order valence-corrected chi connectivity index (χ2v) is 13.2. The van der Waals surface area contributed by atoms with E-state index >= 15 is 0 Å². The van der Waals surface area contributed by atoms with Crippen molar-refractivity contribution in [3.63, 3.8) is 0 Å². The van der Waals surface area contributed by atoms with E-state index in [4.69, 9.17) is 11.6 Å². The molecule has 0 fully saturated rings. The maximum atomic E-state index is 5.52. The van der Waals surface area contributed by atoms with Gasteiger partial charge in [0.05, 0.1) is 0 Å². The Morgan fingerprint density at radius 2 is 1.44 bits per heavy atom. The summed E-state index contributed by atoms with van der Waals surface area (Å²) in [6.07, 6.45) is 11.0. The van der Waals surface area contributed by atoms with E-state index in [1.807, 2.05) is 36.4 Å². The summed E-state index contributed by atoms with van der Waals surface area (Å²) in [5.74, 6) is 0. The number of fused-ring (bicyclic) bond motifs is 4. The van der Waals surface area contributed by atoms with E-state index < -0.39 is 0 Å². The zero-order valence-corrected chi connectivity index (χ0v) is 30.7. The first kappa shape index (κ1) is 36.4. The summed E-state index contributed by atoms with van der Waals surface area (Å²) in [5, 5.41) is 3.20. The van der Waals surface area contributed by atoms with Gasteiger partial charge in [-0.3, -0.25) is 6.08 Å². The summed E-state index contributed by atoms with van der Waals surface area (Å²) in [6, 6.07) is 42.6. The molecule has 0 nitrogen and oxygen atoms in total. The van der Waals surface area contributed by atoms with Crippen LogP contribution in [0.5, 0.6) is 0 Å². The minimum Gasteiger partial charge on any atom is -0.147 e. The van der Waals surface area contributed by atoms with Gasteiger partial charge in [-0.25, -0.2) is 12.2 Å². The maximum Gasteiger partial charge on any atom is -0.0801 e. The molecule has 0 aliphatic heterocycles. The second-order valence-electron chi connectivity index (χ2n) is 12.8. The first-order valence-corrected chi connectivity index (χ1v) is 17.4. The minimum atomic E-state index is 0.167. The second kappa shape index (κ2) is 17.5. The van der Waals surface area contributed by atoms with Gasteiger partial charge in [0.15, 0.2) is 0 Å². The third kappa shape index (κ3) is 11.3. The number of rotatable bonds is 0. The molecule has 0 amide bonds.